The van der Waals surface area contributed by atoms with Crippen LogP contribution in [-0.2, 0) is 0 Å². The van der Waals surface area contributed by atoms with Crippen LogP contribution in [0.15, 0.2) is 47.8 Å². The van der Waals surface area contributed by atoms with E-state index < -0.39 is 0 Å². The van der Waals surface area contributed by atoms with Gasteiger partial charge in [-0.05, 0) is 17.7 Å². The van der Waals surface area contributed by atoms with Crippen molar-refractivity contribution in [1.82, 2.24) is 19.7 Å². The van der Waals surface area contributed by atoms with E-state index >= 15 is 0 Å². The summed E-state index contributed by atoms with van der Waals surface area (Å²) in [5.74, 6) is 0.301. The summed E-state index contributed by atoms with van der Waals surface area (Å²) in [5, 5.41) is 4.18. The molecule has 3 aromatic rings. The Bertz CT molecular complexity index is 802. The topological polar surface area (TPSA) is 116 Å². The van der Waals surface area contributed by atoms with Gasteiger partial charge in [-0.3, -0.25) is 4.79 Å². The van der Waals surface area contributed by atoms with Crippen LogP contribution in [0.1, 0.15) is 0 Å². The van der Waals surface area contributed by atoms with Gasteiger partial charge in [-0.25, -0.2) is 9.67 Å². The number of hydrogen-bond acceptors (Lipinski definition) is 5. The summed E-state index contributed by atoms with van der Waals surface area (Å²) in [4.78, 5) is 17.9. The molecule has 0 amide bonds. The van der Waals surface area contributed by atoms with Gasteiger partial charge in [-0.2, -0.15) is 5.10 Å². The Labute approximate surface area is 113 Å². The standard InChI is InChI=1S/C13H12N6O/c14-10-3-1-8(2-4-10)9-5-18-19(6-9)12-11(15)13(20)17-7-16-12/h1-7H,14-15H2,(H,16,17,20). The zero-order valence-corrected chi connectivity index (χ0v) is 10.4. The highest BCUT2D eigenvalue weighted by Crippen LogP contribution is 2.21. The largest absolute Gasteiger partial charge is 0.399 e. The minimum atomic E-state index is -0.389. The number of rotatable bonds is 2. The molecule has 0 aliphatic heterocycles. The number of nitrogens with two attached hydrogens (primary N) is 2. The normalized spacial score (nSPS) is 10.6. The number of nitrogens with zero attached hydrogens (tertiary/aromatic N) is 3. The van der Waals surface area contributed by atoms with Crippen molar-refractivity contribution in [2.75, 3.05) is 11.5 Å². The summed E-state index contributed by atoms with van der Waals surface area (Å²) in [6.45, 7) is 0. The molecule has 5 N–H and O–H groups in total. The monoisotopic (exact) mass is 268 g/mol. The van der Waals surface area contributed by atoms with Gasteiger partial charge in [-0.15, -0.1) is 0 Å². The van der Waals surface area contributed by atoms with E-state index in [1.807, 2.05) is 24.3 Å². The molecule has 1 aromatic carbocycles. The molecule has 2 heterocycles. The third kappa shape index (κ3) is 2.01. The SMILES string of the molecule is Nc1ccc(-c2cnn(-c3nc[nH]c(=O)c3N)c2)cc1. The predicted molar refractivity (Wildman–Crippen MR) is 76.2 cm³/mol. The van der Waals surface area contributed by atoms with Gasteiger partial charge in [0.1, 0.15) is 5.69 Å². The lowest BCUT2D eigenvalue weighted by molar-refractivity contribution is 0.839. The highest BCUT2D eigenvalue weighted by Gasteiger charge is 2.09. The summed E-state index contributed by atoms with van der Waals surface area (Å²) < 4.78 is 1.47. The smallest absolute Gasteiger partial charge is 0.276 e. The van der Waals surface area contributed by atoms with Gasteiger partial charge in [0.25, 0.3) is 5.56 Å². The maximum absolute atomic E-state index is 11.5. The number of nitrogens with one attached hydrogen (secondary N) is 1. The zero-order valence-electron chi connectivity index (χ0n) is 10.4. The van der Waals surface area contributed by atoms with Gasteiger partial charge in [0.2, 0.25) is 0 Å². The zero-order chi connectivity index (χ0) is 14.1. The molecule has 0 radical (unpaired) electrons. The molecule has 3 rings (SSSR count). The minimum Gasteiger partial charge on any atom is -0.399 e. The summed E-state index contributed by atoms with van der Waals surface area (Å²) in [5.41, 5.74) is 13.5. The van der Waals surface area contributed by atoms with Crippen LogP contribution in [-0.4, -0.2) is 19.7 Å². The Hall–Kier alpha value is -3.09. The Kier molecular flexibility index (Phi) is 2.72. The molecule has 0 saturated carbocycles. The summed E-state index contributed by atoms with van der Waals surface area (Å²) in [6, 6.07) is 7.41. The van der Waals surface area contributed by atoms with Gasteiger partial charge in [-0.1, -0.05) is 12.1 Å². The maximum Gasteiger partial charge on any atom is 0.276 e. The fourth-order valence-electron chi connectivity index (χ4n) is 1.85. The van der Waals surface area contributed by atoms with E-state index in [1.165, 1.54) is 11.0 Å². The summed E-state index contributed by atoms with van der Waals surface area (Å²) >= 11 is 0. The molecule has 20 heavy (non-hydrogen) atoms. The number of aromatic nitrogens is 4. The number of nitrogen functional groups attached to an aromatic ring is 2. The number of aromatic amines is 1. The first kappa shape index (κ1) is 12.0. The molecule has 100 valence electrons. The van der Waals surface area contributed by atoms with Crippen LogP contribution in [0.2, 0.25) is 0 Å². The van der Waals surface area contributed by atoms with E-state index in [4.69, 9.17) is 11.5 Å². The van der Waals surface area contributed by atoms with Crippen molar-refractivity contribution in [2.24, 2.45) is 0 Å². The second-order valence-electron chi connectivity index (χ2n) is 4.26. The number of H-pyrrole nitrogens is 1. The van der Waals surface area contributed by atoms with E-state index in [0.717, 1.165) is 11.1 Å². The second kappa shape index (κ2) is 4.54. The minimum absolute atomic E-state index is 0.0273. The lowest BCUT2D eigenvalue weighted by Crippen LogP contribution is -2.16. The third-order valence-electron chi connectivity index (χ3n) is 2.91. The van der Waals surface area contributed by atoms with Crippen molar-refractivity contribution in [3.05, 3.63) is 53.3 Å². The lowest BCUT2D eigenvalue weighted by atomic mass is 10.1. The Morgan fingerprint density at radius 2 is 1.85 bits per heavy atom. The third-order valence-corrected chi connectivity index (χ3v) is 2.91. The first-order valence-corrected chi connectivity index (χ1v) is 5.89. The van der Waals surface area contributed by atoms with Crippen molar-refractivity contribution in [3.63, 3.8) is 0 Å². The van der Waals surface area contributed by atoms with Gasteiger partial charge in [0.15, 0.2) is 5.82 Å². The molecule has 0 unspecified atom stereocenters. The number of hydrogen-bond donors (Lipinski definition) is 3. The number of benzene rings is 1. The average molecular weight is 268 g/mol. The van der Waals surface area contributed by atoms with E-state index in [1.54, 1.807) is 12.4 Å². The molecule has 2 aromatic heterocycles. The van der Waals surface area contributed by atoms with Crippen molar-refractivity contribution in [1.29, 1.82) is 0 Å². The average Bonchev–Trinajstić information content (AvgIpc) is 2.92. The quantitative estimate of drug-likeness (QED) is 0.594. The molecule has 7 heteroatoms. The van der Waals surface area contributed by atoms with Crippen LogP contribution < -0.4 is 17.0 Å². The van der Waals surface area contributed by atoms with Crippen LogP contribution >= 0.6 is 0 Å². The van der Waals surface area contributed by atoms with Gasteiger partial charge < -0.3 is 16.5 Å². The van der Waals surface area contributed by atoms with Crippen molar-refractivity contribution < 1.29 is 0 Å². The Morgan fingerprint density at radius 1 is 1.10 bits per heavy atom. The lowest BCUT2D eigenvalue weighted by Gasteiger charge is -2.02. The fourth-order valence-corrected chi connectivity index (χ4v) is 1.85. The molecule has 0 fully saturated rings. The molecule has 0 aliphatic carbocycles. The van der Waals surface area contributed by atoms with E-state index in [9.17, 15) is 4.79 Å². The summed E-state index contributed by atoms with van der Waals surface area (Å²) in [6.07, 6.45) is 4.72. The molecule has 0 saturated heterocycles. The molecule has 0 bridgehead atoms. The van der Waals surface area contributed by atoms with Crippen molar-refractivity contribution in [2.45, 2.75) is 0 Å². The first-order valence-electron chi connectivity index (χ1n) is 5.89. The van der Waals surface area contributed by atoms with Crippen LogP contribution in [0.25, 0.3) is 16.9 Å². The Balaban J connectivity index is 2.04. The summed E-state index contributed by atoms with van der Waals surface area (Å²) in [7, 11) is 0. The van der Waals surface area contributed by atoms with Crippen LogP contribution in [0.4, 0.5) is 11.4 Å². The van der Waals surface area contributed by atoms with Gasteiger partial charge in [0, 0.05) is 17.4 Å². The van der Waals surface area contributed by atoms with Crippen LogP contribution in [0.5, 0.6) is 0 Å². The number of anilines is 2. The molecule has 0 atom stereocenters. The van der Waals surface area contributed by atoms with E-state index in [2.05, 4.69) is 15.1 Å². The molecule has 0 spiro atoms. The van der Waals surface area contributed by atoms with Gasteiger partial charge >= 0.3 is 0 Å². The fraction of sp³-hybridized carbons (Fsp3) is 0. The molecular weight excluding hydrogens is 256 g/mol. The predicted octanol–water partition coefficient (Wildman–Crippen LogP) is 0.787. The highest BCUT2D eigenvalue weighted by atomic mass is 16.1. The second-order valence-corrected chi connectivity index (χ2v) is 4.26. The van der Waals surface area contributed by atoms with Crippen LogP contribution in [0, 0.1) is 0 Å². The van der Waals surface area contributed by atoms with Crippen LogP contribution in [0.3, 0.4) is 0 Å². The van der Waals surface area contributed by atoms with Gasteiger partial charge in [0.05, 0.1) is 12.5 Å². The Morgan fingerprint density at radius 3 is 2.60 bits per heavy atom. The van der Waals surface area contributed by atoms with Crippen molar-refractivity contribution >= 4 is 11.4 Å². The van der Waals surface area contributed by atoms with E-state index in [-0.39, 0.29) is 11.2 Å². The van der Waals surface area contributed by atoms with E-state index in [0.29, 0.717) is 11.5 Å². The maximum atomic E-state index is 11.5. The van der Waals surface area contributed by atoms with Crippen molar-refractivity contribution in [3.8, 4) is 16.9 Å². The molecule has 7 nitrogen and oxygen atoms in total. The molecular formula is C13H12N6O. The molecule has 0 aliphatic rings. The highest BCUT2D eigenvalue weighted by molar-refractivity contribution is 5.65. The first-order chi connectivity index (χ1) is 9.65.